The first-order chi connectivity index (χ1) is 13.5. The van der Waals surface area contributed by atoms with Crippen molar-refractivity contribution in [2.75, 3.05) is 16.8 Å². The predicted octanol–water partition coefficient (Wildman–Crippen LogP) is 4.40. The van der Waals surface area contributed by atoms with E-state index in [9.17, 15) is 9.59 Å². The number of Topliss-reactive ketones (excluding diaryl/α,β-unsaturated/α-hetero) is 1. The van der Waals surface area contributed by atoms with Gasteiger partial charge in [-0.15, -0.1) is 0 Å². The quantitative estimate of drug-likeness (QED) is 0.647. The molecule has 0 aliphatic carbocycles. The van der Waals surface area contributed by atoms with Crippen LogP contribution in [-0.2, 0) is 0 Å². The highest BCUT2D eigenvalue weighted by molar-refractivity contribution is 6.05. The number of amides is 1. The summed E-state index contributed by atoms with van der Waals surface area (Å²) in [7, 11) is 0. The van der Waals surface area contributed by atoms with Crippen molar-refractivity contribution >= 4 is 29.0 Å². The lowest BCUT2D eigenvalue weighted by Crippen LogP contribution is -2.31. The molecule has 142 valence electrons. The van der Waals surface area contributed by atoms with Crippen molar-refractivity contribution in [3.05, 3.63) is 77.6 Å². The zero-order valence-corrected chi connectivity index (χ0v) is 16.1. The van der Waals surface area contributed by atoms with Crippen LogP contribution in [0.25, 0.3) is 0 Å². The van der Waals surface area contributed by atoms with Crippen molar-refractivity contribution in [1.82, 2.24) is 9.97 Å². The molecule has 28 heavy (non-hydrogen) atoms. The Hall–Kier alpha value is -3.54. The molecule has 0 fully saturated rings. The molecule has 3 aromatic rings. The fraction of sp³-hybridized carbons (Fsp3) is 0.182. The Morgan fingerprint density at radius 2 is 1.86 bits per heavy atom. The minimum atomic E-state index is -0.198. The Bertz CT molecular complexity index is 1020. The zero-order chi connectivity index (χ0) is 20.1. The Kier molecular flexibility index (Phi) is 5.79. The number of anilines is 3. The first kappa shape index (κ1) is 19.2. The summed E-state index contributed by atoms with van der Waals surface area (Å²) >= 11 is 0. The third-order valence-corrected chi connectivity index (χ3v) is 4.27. The summed E-state index contributed by atoms with van der Waals surface area (Å²) in [4.78, 5) is 34.8. The number of rotatable bonds is 6. The van der Waals surface area contributed by atoms with Gasteiger partial charge in [0, 0.05) is 29.7 Å². The molecule has 0 saturated carbocycles. The van der Waals surface area contributed by atoms with Crippen molar-refractivity contribution in [3.63, 3.8) is 0 Å². The van der Waals surface area contributed by atoms with E-state index >= 15 is 0 Å². The second kappa shape index (κ2) is 8.43. The largest absolute Gasteiger partial charge is 0.324 e. The molecular formula is C22H22N4O2. The van der Waals surface area contributed by atoms with Crippen LogP contribution in [0.5, 0.6) is 0 Å². The number of hydrogen-bond donors (Lipinski definition) is 1. The van der Waals surface area contributed by atoms with Gasteiger partial charge in [0.25, 0.3) is 5.91 Å². The van der Waals surface area contributed by atoms with Crippen LogP contribution in [0.15, 0.2) is 60.8 Å². The van der Waals surface area contributed by atoms with E-state index in [-0.39, 0.29) is 11.7 Å². The highest BCUT2D eigenvalue weighted by atomic mass is 16.2. The molecule has 0 bridgehead atoms. The van der Waals surface area contributed by atoms with Crippen molar-refractivity contribution in [2.24, 2.45) is 0 Å². The summed E-state index contributed by atoms with van der Waals surface area (Å²) < 4.78 is 0. The molecule has 6 heteroatoms. The summed E-state index contributed by atoms with van der Waals surface area (Å²) in [5, 5.41) is 3.06. The van der Waals surface area contributed by atoms with Crippen LogP contribution >= 0.6 is 0 Å². The van der Waals surface area contributed by atoms with E-state index in [1.807, 2.05) is 44.2 Å². The van der Waals surface area contributed by atoms with Gasteiger partial charge in [0.05, 0.1) is 0 Å². The Morgan fingerprint density at radius 3 is 2.57 bits per heavy atom. The SMILES string of the molecule is CCN(C(=O)c1ccnc(Nc2cccc(C(C)=O)c2)n1)c1cccc(C)c1. The smallest absolute Gasteiger partial charge is 0.277 e. The number of nitrogens with zero attached hydrogens (tertiary/aromatic N) is 3. The zero-order valence-electron chi connectivity index (χ0n) is 16.1. The third-order valence-electron chi connectivity index (χ3n) is 4.27. The monoisotopic (exact) mass is 374 g/mol. The molecule has 0 aliphatic heterocycles. The van der Waals surface area contributed by atoms with E-state index in [0.717, 1.165) is 11.3 Å². The van der Waals surface area contributed by atoms with E-state index in [0.29, 0.717) is 29.4 Å². The number of aromatic nitrogens is 2. The van der Waals surface area contributed by atoms with E-state index in [1.54, 1.807) is 35.4 Å². The average molecular weight is 374 g/mol. The molecule has 0 saturated heterocycles. The van der Waals surface area contributed by atoms with Gasteiger partial charge in [-0.05, 0) is 56.7 Å². The number of aryl methyl sites for hydroxylation is 1. The summed E-state index contributed by atoms with van der Waals surface area (Å²) in [5.41, 5.74) is 3.48. The fourth-order valence-corrected chi connectivity index (χ4v) is 2.86. The Balaban J connectivity index is 1.85. The maximum absolute atomic E-state index is 13.0. The molecule has 0 spiro atoms. The molecule has 1 heterocycles. The summed E-state index contributed by atoms with van der Waals surface area (Å²) in [6, 6.07) is 16.5. The summed E-state index contributed by atoms with van der Waals surface area (Å²) in [6.07, 6.45) is 1.54. The number of carbonyl (C=O) groups is 2. The molecule has 1 aromatic heterocycles. The predicted molar refractivity (Wildman–Crippen MR) is 110 cm³/mol. The molecule has 1 N–H and O–H groups in total. The molecule has 1 amide bonds. The highest BCUT2D eigenvalue weighted by Gasteiger charge is 2.18. The molecule has 2 aromatic carbocycles. The van der Waals surface area contributed by atoms with Crippen molar-refractivity contribution < 1.29 is 9.59 Å². The highest BCUT2D eigenvalue weighted by Crippen LogP contribution is 2.19. The van der Waals surface area contributed by atoms with Gasteiger partial charge in [-0.2, -0.15) is 0 Å². The lowest BCUT2D eigenvalue weighted by molar-refractivity contribution is 0.0981. The minimum absolute atomic E-state index is 0.0229. The molecule has 0 unspecified atom stereocenters. The first-order valence-corrected chi connectivity index (χ1v) is 9.07. The van der Waals surface area contributed by atoms with Gasteiger partial charge in [0.2, 0.25) is 5.95 Å². The summed E-state index contributed by atoms with van der Waals surface area (Å²) in [5.74, 6) is 0.0770. The lowest BCUT2D eigenvalue weighted by atomic mass is 10.1. The normalized spacial score (nSPS) is 10.4. The second-order valence-electron chi connectivity index (χ2n) is 6.42. The number of benzene rings is 2. The topological polar surface area (TPSA) is 75.2 Å². The van der Waals surface area contributed by atoms with Gasteiger partial charge in [-0.3, -0.25) is 9.59 Å². The Morgan fingerprint density at radius 1 is 1.07 bits per heavy atom. The number of hydrogen-bond acceptors (Lipinski definition) is 5. The lowest BCUT2D eigenvalue weighted by Gasteiger charge is -2.21. The van der Waals surface area contributed by atoms with Crippen LogP contribution in [0, 0.1) is 6.92 Å². The van der Waals surface area contributed by atoms with Gasteiger partial charge in [0.1, 0.15) is 5.69 Å². The molecule has 6 nitrogen and oxygen atoms in total. The van der Waals surface area contributed by atoms with Crippen LogP contribution < -0.4 is 10.2 Å². The van der Waals surface area contributed by atoms with E-state index in [2.05, 4.69) is 15.3 Å². The van der Waals surface area contributed by atoms with Gasteiger partial charge >= 0.3 is 0 Å². The van der Waals surface area contributed by atoms with Crippen LogP contribution in [0.1, 0.15) is 40.3 Å². The minimum Gasteiger partial charge on any atom is -0.324 e. The van der Waals surface area contributed by atoms with Gasteiger partial charge < -0.3 is 10.2 Å². The number of nitrogens with one attached hydrogen (secondary N) is 1. The van der Waals surface area contributed by atoms with Gasteiger partial charge in [-0.1, -0.05) is 24.3 Å². The Labute approximate surface area is 164 Å². The van der Waals surface area contributed by atoms with E-state index in [1.165, 1.54) is 6.92 Å². The van der Waals surface area contributed by atoms with Crippen LogP contribution in [0.3, 0.4) is 0 Å². The maximum atomic E-state index is 13.0. The summed E-state index contributed by atoms with van der Waals surface area (Å²) in [6.45, 7) is 5.95. The van der Waals surface area contributed by atoms with Crippen molar-refractivity contribution in [2.45, 2.75) is 20.8 Å². The first-order valence-electron chi connectivity index (χ1n) is 9.07. The van der Waals surface area contributed by atoms with E-state index < -0.39 is 0 Å². The standard InChI is InChI=1S/C22H22N4O2/c1-4-26(19-10-5-7-15(2)13-19)21(28)20-11-12-23-22(25-20)24-18-9-6-8-17(14-18)16(3)27/h5-14H,4H2,1-3H3,(H,23,24,25). The fourth-order valence-electron chi connectivity index (χ4n) is 2.86. The van der Waals surface area contributed by atoms with Crippen molar-refractivity contribution in [1.29, 1.82) is 0 Å². The molecule has 0 aliphatic rings. The molecular weight excluding hydrogens is 352 g/mol. The van der Waals surface area contributed by atoms with Crippen molar-refractivity contribution in [3.8, 4) is 0 Å². The number of ketones is 1. The molecule has 0 atom stereocenters. The van der Waals surface area contributed by atoms with Gasteiger partial charge in [-0.25, -0.2) is 9.97 Å². The maximum Gasteiger partial charge on any atom is 0.277 e. The van der Waals surface area contributed by atoms with Crippen LogP contribution in [0.2, 0.25) is 0 Å². The second-order valence-corrected chi connectivity index (χ2v) is 6.42. The van der Waals surface area contributed by atoms with E-state index in [4.69, 9.17) is 0 Å². The third kappa shape index (κ3) is 4.40. The van der Waals surface area contributed by atoms with Crippen LogP contribution in [0.4, 0.5) is 17.3 Å². The average Bonchev–Trinajstić information content (AvgIpc) is 2.69. The van der Waals surface area contributed by atoms with Crippen LogP contribution in [-0.4, -0.2) is 28.2 Å². The van der Waals surface area contributed by atoms with Gasteiger partial charge in [0.15, 0.2) is 5.78 Å². The molecule has 3 rings (SSSR count). The number of carbonyl (C=O) groups excluding carboxylic acids is 2. The molecule has 0 radical (unpaired) electrons.